The molecule has 0 aliphatic heterocycles. The monoisotopic (exact) mass is 440 g/mol. The van der Waals surface area contributed by atoms with Gasteiger partial charge < -0.3 is 4.74 Å². The van der Waals surface area contributed by atoms with Crippen LogP contribution in [0.5, 0.6) is 5.75 Å². The van der Waals surface area contributed by atoms with Gasteiger partial charge in [-0.05, 0) is 67.1 Å². The van der Waals surface area contributed by atoms with Crippen molar-refractivity contribution in [1.82, 2.24) is 0 Å². The summed E-state index contributed by atoms with van der Waals surface area (Å²) in [6, 6.07) is 3.59. The largest absolute Gasteiger partial charge is 0.573 e. The molecule has 0 bridgehead atoms. The van der Waals surface area contributed by atoms with Crippen molar-refractivity contribution in [3.8, 4) is 5.75 Å². The van der Waals surface area contributed by atoms with Crippen LogP contribution in [0.1, 0.15) is 89.5 Å². The Labute approximate surface area is 184 Å². The molecule has 0 spiro atoms. The molecule has 2 saturated carbocycles. The Hall–Kier alpha value is -1.52. The summed E-state index contributed by atoms with van der Waals surface area (Å²) in [7, 11) is 0. The number of alkyl halides is 3. The Morgan fingerprint density at radius 2 is 1.42 bits per heavy atom. The first kappa shape index (κ1) is 24.1. The Bertz CT molecular complexity index is 696. The molecule has 0 amide bonds. The van der Waals surface area contributed by atoms with Crippen molar-refractivity contribution in [1.29, 1.82) is 0 Å². The number of allylic oxidation sites excluding steroid dienone is 1. The smallest absolute Gasteiger partial charge is 0.403 e. The van der Waals surface area contributed by atoms with E-state index in [0.29, 0.717) is 11.5 Å². The molecular formula is C26H36F4O. The van der Waals surface area contributed by atoms with E-state index in [-0.39, 0.29) is 0 Å². The second-order valence-corrected chi connectivity index (χ2v) is 9.63. The second kappa shape index (κ2) is 11.4. The lowest BCUT2D eigenvalue weighted by atomic mass is 9.75. The van der Waals surface area contributed by atoms with Crippen LogP contribution in [0.25, 0.3) is 6.08 Å². The average molecular weight is 441 g/mol. The number of halogens is 4. The highest BCUT2D eigenvalue weighted by Crippen LogP contribution is 2.38. The van der Waals surface area contributed by atoms with Gasteiger partial charge in [0.2, 0.25) is 0 Å². The lowest BCUT2D eigenvalue weighted by molar-refractivity contribution is -0.275. The van der Waals surface area contributed by atoms with Crippen LogP contribution >= 0.6 is 0 Å². The Kier molecular flexibility index (Phi) is 8.85. The van der Waals surface area contributed by atoms with Crippen LogP contribution in [-0.2, 0) is 0 Å². The van der Waals surface area contributed by atoms with Gasteiger partial charge in [0.25, 0.3) is 0 Å². The fraction of sp³-hybridized carbons (Fsp3) is 0.692. The molecule has 2 aliphatic carbocycles. The number of hydrogen-bond acceptors (Lipinski definition) is 1. The number of hydrogen-bond donors (Lipinski definition) is 0. The van der Waals surface area contributed by atoms with E-state index in [1.807, 2.05) is 6.08 Å². The van der Waals surface area contributed by atoms with E-state index in [1.165, 1.54) is 70.3 Å². The van der Waals surface area contributed by atoms with Gasteiger partial charge in [-0.2, -0.15) is 0 Å². The first-order valence-electron chi connectivity index (χ1n) is 12.1. The molecule has 0 unspecified atom stereocenters. The maximum atomic E-state index is 13.8. The summed E-state index contributed by atoms with van der Waals surface area (Å²) in [6.45, 7) is 2.29. The van der Waals surface area contributed by atoms with Gasteiger partial charge >= 0.3 is 6.36 Å². The molecule has 0 heterocycles. The Balaban J connectivity index is 1.37. The lowest BCUT2D eigenvalue weighted by Crippen LogP contribution is -2.18. The van der Waals surface area contributed by atoms with E-state index >= 15 is 0 Å². The van der Waals surface area contributed by atoms with E-state index in [2.05, 4.69) is 17.7 Å². The van der Waals surface area contributed by atoms with Crippen molar-refractivity contribution in [2.75, 3.05) is 0 Å². The zero-order valence-electron chi connectivity index (χ0n) is 18.6. The van der Waals surface area contributed by atoms with E-state index in [4.69, 9.17) is 0 Å². The number of ether oxygens (including phenoxy) is 1. The van der Waals surface area contributed by atoms with Crippen LogP contribution in [0, 0.1) is 29.5 Å². The molecule has 3 rings (SSSR count). The van der Waals surface area contributed by atoms with E-state index < -0.39 is 17.9 Å². The van der Waals surface area contributed by atoms with Crippen molar-refractivity contribution in [2.45, 2.75) is 90.3 Å². The third-order valence-corrected chi connectivity index (χ3v) is 7.28. The third-order valence-electron chi connectivity index (χ3n) is 7.28. The molecule has 2 aliphatic rings. The Morgan fingerprint density at radius 1 is 0.871 bits per heavy atom. The van der Waals surface area contributed by atoms with Gasteiger partial charge in [0, 0.05) is 0 Å². The molecule has 0 aromatic heterocycles. The minimum atomic E-state index is -4.88. The molecule has 0 saturated heterocycles. The summed E-state index contributed by atoms with van der Waals surface area (Å²) in [6.07, 6.45) is 15.0. The summed E-state index contributed by atoms with van der Waals surface area (Å²) in [5.74, 6) is 1.43. The minimum Gasteiger partial charge on any atom is -0.403 e. The van der Waals surface area contributed by atoms with Gasteiger partial charge in [0.1, 0.15) is 0 Å². The van der Waals surface area contributed by atoms with E-state index in [1.54, 1.807) is 0 Å². The first-order valence-corrected chi connectivity index (χ1v) is 12.1. The zero-order chi connectivity index (χ0) is 22.3. The standard InChI is InChI=1S/C26H36F4O/c1-2-3-19-4-6-20(7-5-19)8-9-21-10-12-22(13-11-21)14-15-23-16-17-25(24(27)18-23)31-26(28,29)30/h14-22H,2-13H2,1H3. The molecule has 0 radical (unpaired) electrons. The predicted octanol–water partition coefficient (Wildman–Crippen LogP) is 8.93. The predicted molar refractivity (Wildman–Crippen MR) is 117 cm³/mol. The highest BCUT2D eigenvalue weighted by Gasteiger charge is 2.32. The molecule has 1 nitrogen and oxygen atoms in total. The zero-order valence-corrected chi connectivity index (χ0v) is 18.6. The van der Waals surface area contributed by atoms with Gasteiger partial charge in [-0.15, -0.1) is 13.2 Å². The minimum absolute atomic E-state index is 0.467. The van der Waals surface area contributed by atoms with Gasteiger partial charge in [0.15, 0.2) is 11.6 Å². The Morgan fingerprint density at radius 3 is 1.94 bits per heavy atom. The van der Waals surface area contributed by atoms with Crippen LogP contribution in [0.2, 0.25) is 0 Å². The normalized spacial score (nSPS) is 27.5. The van der Waals surface area contributed by atoms with E-state index in [9.17, 15) is 17.6 Å². The topological polar surface area (TPSA) is 9.23 Å². The number of rotatable bonds is 8. The van der Waals surface area contributed by atoms with Gasteiger partial charge in [0.05, 0.1) is 0 Å². The number of benzene rings is 1. The molecule has 0 atom stereocenters. The first-order chi connectivity index (χ1) is 14.8. The van der Waals surface area contributed by atoms with Crippen molar-refractivity contribution in [3.63, 3.8) is 0 Å². The molecule has 1 aromatic carbocycles. The van der Waals surface area contributed by atoms with Crippen molar-refractivity contribution in [2.24, 2.45) is 23.7 Å². The molecular weight excluding hydrogens is 404 g/mol. The third kappa shape index (κ3) is 8.16. The molecule has 5 heteroatoms. The average Bonchev–Trinajstić information content (AvgIpc) is 2.74. The van der Waals surface area contributed by atoms with Crippen LogP contribution in [0.15, 0.2) is 24.3 Å². The maximum Gasteiger partial charge on any atom is 0.573 e. The lowest BCUT2D eigenvalue weighted by Gasteiger charge is -2.31. The van der Waals surface area contributed by atoms with Gasteiger partial charge in [-0.1, -0.05) is 76.5 Å². The summed E-state index contributed by atoms with van der Waals surface area (Å²) in [4.78, 5) is 0. The van der Waals surface area contributed by atoms with Crippen molar-refractivity contribution >= 4 is 6.08 Å². The summed E-state index contributed by atoms with van der Waals surface area (Å²) >= 11 is 0. The summed E-state index contributed by atoms with van der Waals surface area (Å²) in [5.41, 5.74) is 0.563. The van der Waals surface area contributed by atoms with Gasteiger partial charge in [-0.3, -0.25) is 0 Å². The maximum absolute atomic E-state index is 13.8. The van der Waals surface area contributed by atoms with E-state index in [0.717, 1.165) is 42.7 Å². The van der Waals surface area contributed by atoms with Gasteiger partial charge in [-0.25, -0.2) is 4.39 Å². The second-order valence-electron chi connectivity index (χ2n) is 9.63. The quantitative estimate of drug-likeness (QED) is 0.367. The van der Waals surface area contributed by atoms with Crippen LogP contribution in [0.4, 0.5) is 17.6 Å². The van der Waals surface area contributed by atoms with Crippen LogP contribution in [0.3, 0.4) is 0 Å². The summed E-state index contributed by atoms with van der Waals surface area (Å²) in [5, 5.41) is 0. The summed E-state index contributed by atoms with van der Waals surface area (Å²) < 4.78 is 54.3. The van der Waals surface area contributed by atoms with Crippen molar-refractivity contribution < 1.29 is 22.3 Å². The molecule has 0 N–H and O–H groups in total. The SMILES string of the molecule is CCCC1CCC(CCC2CCC(C=Cc3ccc(OC(F)(F)F)c(F)c3)CC2)CC1. The molecule has 174 valence electrons. The van der Waals surface area contributed by atoms with Crippen LogP contribution < -0.4 is 4.74 Å². The van der Waals surface area contributed by atoms with Crippen molar-refractivity contribution in [3.05, 3.63) is 35.7 Å². The molecule has 2 fully saturated rings. The highest BCUT2D eigenvalue weighted by molar-refractivity contribution is 5.51. The van der Waals surface area contributed by atoms with Crippen LogP contribution in [-0.4, -0.2) is 6.36 Å². The highest BCUT2D eigenvalue weighted by atomic mass is 19.4. The fourth-order valence-corrected chi connectivity index (χ4v) is 5.43. The fourth-order valence-electron chi connectivity index (χ4n) is 5.43. The molecule has 31 heavy (non-hydrogen) atoms. The molecule has 1 aromatic rings.